The smallest absolute Gasteiger partial charge is 0.229 e. The molecule has 0 radical (unpaired) electrons. The van der Waals surface area contributed by atoms with Gasteiger partial charge in [0.25, 0.3) is 0 Å². The Morgan fingerprint density at radius 1 is 1.18 bits per heavy atom. The summed E-state index contributed by atoms with van der Waals surface area (Å²) in [6.07, 6.45) is 1.62. The van der Waals surface area contributed by atoms with E-state index in [4.69, 9.17) is 0 Å². The number of Topliss-reactive ketones (excluding diaryl/α,β-unsaturated/α-hetero) is 1. The Bertz CT molecular complexity index is 1350. The van der Waals surface area contributed by atoms with Crippen LogP contribution >= 0.6 is 10.8 Å². The van der Waals surface area contributed by atoms with Crippen molar-refractivity contribution in [1.82, 2.24) is 0 Å². The number of nitrogens with one attached hydrogen (secondary N) is 2. The fourth-order valence-corrected chi connectivity index (χ4v) is 6.02. The zero-order chi connectivity index (χ0) is 24.9. The molecule has 0 bridgehead atoms. The first-order chi connectivity index (χ1) is 15.9. The normalized spacial score (nSPS) is 22.3. The molecule has 1 aliphatic heterocycles. The molecular formula is C22H25N3O7S2. The molecule has 182 valence electrons. The summed E-state index contributed by atoms with van der Waals surface area (Å²) in [5, 5.41) is 23.3. The second-order valence-electron chi connectivity index (χ2n) is 8.43. The molecule has 0 fully saturated rings. The molecular weight excluding hydrogens is 482 g/mol. The van der Waals surface area contributed by atoms with E-state index in [-0.39, 0.29) is 40.0 Å². The minimum Gasteiger partial charge on any atom is -0.506 e. The van der Waals surface area contributed by atoms with Crippen LogP contribution in [0.1, 0.15) is 30.9 Å². The first kappa shape index (κ1) is 24.2. The lowest BCUT2D eigenvalue weighted by atomic mass is 9.67. The average molecular weight is 508 g/mol. The molecule has 1 heterocycles. The summed E-state index contributed by atoms with van der Waals surface area (Å²) in [5.74, 6) is -1.02. The van der Waals surface area contributed by atoms with E-state index in [1.807, 2.05) is 0 Å². The number of rotatable bonds is 6. The van der Waals surface area contributed by atoms with E-state index >= 15 is 0 Å². The monoisotopic (exact) mass is 507 g/mol. The van der Waals surface area contributed by atoms with Crippen LogP contribution in [-0.2, 0) is 20.2 Å². The number of hydrogen-bond donors (Lipinski definition) is 6. The number of aliphatic hydroxyl groups excluding tert-OH is 2. The van der Waals surface area contributed by atoms with Gasteiger partial charge in [-0.2, -0.15) is 0 Å². The molecule has 1 unspecified atom stereocenters. The molecule has 4 rings (SSSR count). The summed E-state index contributed by atoms with van der Waals surface area (Å²) in [4.78, 5) is 13.6. The number of benzene rings is 2. The molecule has 0 aromatic heterocycles. The standard InChI is InChI=1S/C22H25N3O7S2/c1-22(10-5-11-26)15-7-4-3-6-14(15)19(27)18(20(22)28)21-23-16-9-8-13(24-33(2,29)30)12-17(16)34(31,32)25-21/h3-4,6-9,12,24,26-27,31-32H,5,10-11H2,1-2H3,(H,23,25). The highest BCUT2D eigenvalue weighted by atomic mass is 32.3. The van der Waals surface area contributed by atoms with Crippen molar-refractivity contribution in [1.29, 1.82) is 0 Å². The third-order valence-corrected chi connectivity index (χ3v) is 7.84. The molecule has 34 heavy (non-hydrogen) atoms. The number of carbonyl (C=O) groups is 1. The molecule has 0 spiro atoms. The molecule has 1 atom stereocenters. The van der Waals surface area contributed by atoms with Gasteiger partial charge in [-0.3, -0.25) is 18.6 Å². The summed E-state index contributed by atoms with van der Waals surface area (Å²) < 4.78 is 50.9. The fraction of sp³-hybridized carbons (Fsp3) is 0.273. The van der Waals surface area contributed by atoms with E-state index < -0.39 is 32.0 Å². The van der Waals surface area contributed by atoms with E-state index in [1.165, 1.54) is 18.2 Å². The molecule has 0 saturated carbocycles. The number of sulfonamides is 1. The van der Waals surface area contributed by atoms with E-state index in [2.05, 4.69) is 14.4 Å². The number of anilines is 2. The van der Waals surface area contributed by atoms with Gasteiger partial charge in [-0.05, 0) is 43.5 Å². The van der Waals surface area contributed by atoms with Gasteiger partial charge in [0, 0.05) is 12.2 Å². The molecule has 1 aliphatic carbocycles. The van der Waals surface area contributed by atoms with Crippen LogP contribution in [-0.4, -0.2) is 52.2 Å². The minimum absolute atomic E-state index is 0.0586. The van der Waals surface area contributed by atoms with Gasteiger partial charge in [0.2, 0.25) is 10.0 Å². The maximum absolute atomic E-state index is 13.7. The van der Waals surface area contributed by atoms with E-state index in [1.54, 1.807) is 31.2 Å². The van der Waals surface area contributed by atoms with Crippen LogP contribution in [0.15, 0.2) is 57.3 Å². The Morgan fingerprint density at radius 2 is 1.88 bits per heavy atom. The molecule has 6 N–H and O–H groups in total. The van der Waals surface area contributed by atoms with Crippen molar-refractivity contribution in [2.75, 3.05) is 22.9 Å². The largest absolute Gasteiger partial charge is 0.506 e. The summed E-state index contributed by atoms with van der Waals surface area (Å²) >= 11 is 0. The molecule has 2 aromatic rings. The Labute approximate surface area is 198 Å². The molecule has 2 aromatic carbocycles. The van der Waals surface area contributed by atoms with Gasteiger partial charge in [0.05, 0.1) is 23.0 Å². The first-order valence-electron chi connectivity index (χ1n) is 10.3. The number of hydrogen-bond acceptors (Lipinski definition) is 9. The first-order valence-corrected chi connectivity index (χ1v) is 13.7. The SMILES string of the molecule is CC1(CCCO)C(=O)C(C2=NS(O)(O)c3cc(NS(C)(=O)=O)ccc3N2)=C(O)c2ccccc21. The van der Waals surface area contributed by atoms with Gasteiger partial charge >= 0.3 is 0 Å². The molecule has 0 amide bonds. The van der Waals surface area contributed by atoms with Crippen LogP contribution in [0.4, 0.5) is 11.4 Å². The lowest BCUT2D eigenvalue weighted by molar-refractivity contribution is -0.120. The minimum atomic E-state index is -3.84. The van der Waals surface area contributed by atoms with E-state index in [9.17, 15) is 32.5 Å². The van der Waals surface area contributed by atoms with Crippen LogP contribution in [0, 0.1) is 0 Å². The van der Waals surface area contributed by atoms with E-state index in [0.29, 0.717) is 24.0 Å². The highest BCUT2D eigenvalue weighted by molar-refractivity contribution is 8.23. The third-order valence-electron chi connectivity index (χ3n) is 5.86. The maximum atomic E-state index is 13.7. The summed E-state index contributed by atoms with van der Waals surface area (Å²) in [6, 6.07) is 11.0. The number of ketones is 1. The van der Waals surface area contributed by atoms with Gasteiger partial charge in [0.15, 0.2) is 11.6 Å². The summed E-state index contributed by atoms with van der Waals surface area (Å²) in [5.41, 5.74) is 0.0585. The lowest BCUT2D eigenvalue weighted by Gasteiger charge is -2.38. The number of nitrogens with zero attached hydrogens (tertiary/aromatic N) is 1. The summed E-state index contributed by atoms with van der Waals surface area (Å²) in [7, 11) is -7.44. The number of fused-ring (bicyclic) bond motifs is 2. The Kier molecular flexibility index (Phi) is 5.98. The van der Waals surface area contributed by atoms with Gasteiger partial charge in [-0.1, -0.05) is 35.0 Å². The van der Waals surface area contributed by atoms with Gasteiger partial charge in [-0.15, -0.1) is 4.40 Å². The Morgan fingerprint density at radius 3 is 2.56 bits per heavy atom. The quantitative estimate of drug-likeness (QED) is 0.345. The average Bonchev–Trinajstić information content (AvgIpc) is 2.76. The third kappa shape index (κ3) is 4.18. The molecule has 0 saturated heterocycles. The van der Waals surface area contributed by atoms with Crippen molar-refractivity contribution < 1.29 is 32.5 Å². The van der Waals surface area contributed by atoms with Gasteiger partial charge in [-0.25, -0.2) is 8.42 Å². The fourth-order valence-electron chi connectivity index (χ4n) is 4.28. The Hall–Kier alpha value is -2.90. The van der Waals surface area contributed by atoms with E-state index in [0.717, 1.165) is 6.26 Å². The highest BCUT2D eigenvalue weighted by Gasteiger charge is 2.46. The molecule has 2 aliphatic rings. The van der Waals surface area contributed by atoms with Crippen molar-refractivity contribution >= 4 is 49.6 Å². The summed E-state index contributed by atoms with van der Waals surface area (Å²) in [6.45, 7) is 1.60. The zero-order valence-corrected chi connectivity index (χ0v) is 20.1. The van der Waals surface area contributed by atoms with Crippen LogP contribution in [0.3, 0.4) is 0 Å². The predicted octanol–water partition coefficient (Wildman–Crippen LogP) is 3.49. The van der Waals surface area contributed by atoms with Crippen LogP contribution in [0.2, 0.25) is 0 Å². The van der Waals surface area contributed by atoms with Crippen LogP contribution in [0.5, 0.6) is 0 Å². The second-order valence-corrected chi connectivity index (χ2v) is 11.8. The van der Waals surface area contributed by atoms with Crippen molar-refractivity contribution in [3.63, 3.8) is 0 Å². The zero-order valence-electron chi connectivity index (χ0n) is 18.4. The van der Waals surface area contributed by atoms with Gasteiger partial charge < -0.3 is 15.5 Å². The van der Waals surface area contributed by atoms with Crippen molar-refractivity contribution in [3.05, 3.63) is 59.2 Å². The van der Waals surface area contributed by atoms with Crippen molar-refractivity contribution in [2.45, 2.75) is 30.1 Å². The van der Waals surface area contributed by atoms with Gasteiger partial charge in [0.1, 0.15) is 16.2 Å². The van der Waals surface area contributed by atoms with Crippen LogP contribution in [0.25, 0.3) is 5.76 Å². The maximum Gasteiger partial charge on any atom is 0.229 e. The number of aliphatic hydroxyl groups is 2. The lowest BCUT2D eigenvalue weighted by Crippen LogP contribution is -2.42. The predicted molar refractivity (Wildman–Crippen MR) is 132 cm³/mol. The highest BCUT2D eigenvalue weighted by Crippen LogP contribution is 2.57. The van der Waals surface area contributed by atoms with Crippen LogP contribution < -0.4 is 10.0 Å². The topological polar surface area (TPSA) is 169 Å². The molecule has 10 nitrogen and oxygen atoms in total. The molecule has 12 heteroatoms. The second kappa shape index (κ2) is 8.40. The number of carbonyl (C=O) groups excluding carboxylic acids is 1. The van der Waals surface area contributed by atoms with Crippen molar-refractivity contribution in [3.8, 4) is 0 Å². The number of amidine groups is 1. The van der Waals surface area contributed by atoms with Crippen molar-refractivity contribution in [2.24, 2.45) is 4.40 Å². The Balaban J connectivity index is 1.83.